The third-order valence-electron chi connectivity index (χ3n) is 7.25. The molecule has 0 saturated heterocycles. The van der Waals surface area contributed by atoms with E-state index in [0.29, 0.717) is 54.6 Å². The summed E-state index contributed by atoms with van der Waals surface area (Å²) in [6.45, 7) is 7.58. The molecule has 1 unspecified atom stereocenters. The van der Waals surface area contributed by atoms with E-state index in [1.165, 1.54) is 34.0 Å². The van der Waals surface area contributed by atoms with Gasteiger partial charge in [0.1, 0.15) is 28.2 Å². The minimum absolute atomic E-state index is 0.144. The Hall–Kier alpha value is -3.33. The van der Waals surface area contributed by atoms with Crippen LogP contribution < -0.4 is 4.90 Å². The Balaban J connectivity index is 1.59. The highest BCUT2D eigenvalue weighted by Crippen LogP contribution is 2.39. The lowest BCUT2D eigenvalue weighted by Gasteiger charge is -2.25. The number of nitrogens with zero attached hydrogens (tertiary/aromatic N) is 6. The number of aryl methyl sites for hydroxylation is 2. The zero-order valence-corrected chi connectivity index (χ0v) is 24.1. The molecule has 1 aliphatic heterocycles. The van der Waals surface area contributed by atoms with E-state index in [1.807, 2.05) is 19.9 Å². The van der Waals surface area contributed by atoms with Gasteiger partial charge in [0.15, 0.2) is 5.13 Å². The fourth-order valence-corrected chi connectivity index (χ4v) is 6.97. The van der Waals surface area contributed by atoms with Crippen molar-refractivity contribution in [2.45, 2.75) is 46.0 Å². The Morgan fingerprint density at radius 3 is 2.67 bits per heavy atom. The maximum absolute atomic E-state index is 13.6. The van der Waals surface area contributed by atoms with Crippen LogP contribution in [-0.2, 0) is 16.4 Å². The van der Waals surface area contributed by atoms with Crippen LogP contribution in [0.2, 0.25) is 0 Å². The molecular weight excluding hydrogens is 535 g/mol. The predicted octanol–water partition coefficient (Wildman–Crippen LogP) is 5.64. The molecule has 39 heavy (non-hydrogen) atoms. The molecule has 0 bridgehead atoms. The number of thiazole rings is 1. The maximum atomic E-state index is 13.6. The normalized spacial score (nSPS) is 18.2. The minimum Gasteiger partial charge on any atom is -0.302 e. The van der Waals surface area contributed by atoms with Crippen LogP contribution in [0.3, 0.4) is 0 Å². The first-order chi connectivity index (χ1) is 18.6. The van der Waals surface area contributed by atoms with E-state index in [4.69, 9.17) is 9.97 Å². The van der Waals surface area contributed by atoms with Crippen LogP contribution >= 0.6 is 11.3 Å². The smallest absolute Gasteiger partial charge is 0.211 e. The lowest BCUT2D eigenvalue weighted by Crippen LogP contribution is -2.33. The molecule has 0 amide bonds. The number of allylic oxidation sites excluding steroid dienone is 4. The van der Waals surface area contributed by atoms with Gasteiger partial charge >= 0.3 is 0 Å². The van der Waals surface area contributed by atoms with Crippen molar-refractivity contribution >= 4 is 43.5 Å². The standard InChI is InChI=1S/C28H31FN6O2S2/c1-5-23-27(34(6-2)28-32-25(24(16-30)38-28)20-7-9-22(29)10-8-20)35-17-21(15-18(3)26(35)31-23)19-11-13-33(14-12-19)39(4,36)37/h7,9-11,15,17,20H,5-6,8,12-14H2,1-4H3. The molecule has 4 heterocycles. The van der Waals surface area contributed by atoms with Gasteiger partial charge in [-0.05, 0) is 68.0 Å². The number of halogens is 1. The number of imidazole rings is 1. The zero-order chi connectivity index (χ0) is 27.9. The molecule has 0 radical (unpaired) electrons. The molecule has 3 aromatic heterocycles. The first kappa shape index (κ1) is 27.2. The summed E-state index contributed by atoms with van der Waals surface area (Å²) in [6, 6.07) is 4.41. The summed E-state index contributed by atoms with van der Waals surface area (Å²) in [5, 5.41) is 10.6. The molecule has 2 aliphatic rings. The molecule has 5 rings (SSSR count). The number of pyridine rings is 1. The SMILES string of the molecule is CCc1nc2c(C)cc(C3=CCN(S(C)(=O)=O)CC3)cn2c1N(CC)c1nc(C2C=CC(F)=CC2)c(C#N)s1. The maximum Gasteiger partial charge on any atom is 0.211 e. The van der Waals surface area contributed by atoms with Gasteiger partial charge < -0.3 is 4.90 Å². The van der Waals surface area contributed by atoms with Crippen LogP contribution in [0.4, 0.5) is 15.3 Å². The van der Waals surface area contributed by atoms with Crippen molar-refractivity contribution in [3.63, 3.8) is 0 Å². The zero-order valence-electron chi connectivity index (χ0n) is 22.5. The first-order valence-electron chi connectivity index (χ1n) is 13.0. The number of rotatable bonds is 7. The quantitative estimate of drug-likeness (QED) is 0.368. The number of nitriles is 1. The van der Waals surface area contributed by atoms with Crippen molar-refractivity contribution in [3.8, 4) is 6.07 Å². The van der Waals surface area contributed by atoms with E-state index in [1.54, 1.807) is 6.08 Å². The molecule has 1 aliphatic carbocycles. The van der Waals surface area contributed by atoms with Crippen LogP contribution in [0.25, 0.3) is 11.2 Å². The van der Waals surface area contributed by atoms with Gasteiger partial charge in [-0.3, -0.25) is 4.40 Å². The van der Waals surface area contributed by atoms with Gasteiger partial charge in [0.2, 0.25) is 10.0 Å². The second-order valence-corrected chi connectivity index (χ2v) is 12.8. The molecule has 0 N–H and O–H groups in total. The van der Waals surface area contributed by atoms with Crippen LogP contribution in [0.1, 0.15) is 60.0 Å². The topological polar surface area (TPSA) is 94.6 Å². The van der Waals surface area contributed by atoms with Crippen molar-refractivity contribution in [1.82, 2.24) is 18.7 Å². The molecule has 0 saturated carbocycles. The summed E-state index contributed by atoms with van der Waals surface area (Å²) >= 11 is 1.34. The Labute approximate surface area is 232 Å². The summed E-state index contributed by atoms with van der Waals surface area (Å²) in [6.07, 6.45) is 11.9. The van der Waals surface area contributed by atoms with Crippen LogP contribution in [0, 0.1) is 18.3 Å². The van der Waals surface area contributed by atoms with Gasteiger partial charge in [0, 0.05) is 31.7 Å². The highest BCUT2D eigenvalue weighted by atomic mass is 32.2. The average molecular weight is 567 g/mol. The summed E-state index contributed by atoms with van der Waals surface area (Å²) in [4.78, 5) is 12.5. The predicted molar refractivity (Wildman–Crippen MR) is 154 cm³/mol. The van der Waals surface area contributed by atoms with E-state index in [2.05, 4.69) is 34.6 Å². The summed E-state index contributed by atoms with van der Waals surface area (Å²) < 4.78 is 41.1. The van der Waals surface area contributed by atoms with E-state index in [0.717, 1.165) is 33.9 Å². The van der Waals surface area contributed by atoms with Crippen molar-refractivity contribution in [1.29, 1.82) is 5.26 Å². The van der Waals surface area contributed by atoms with Gasteiger partial charge in [-0.2, -0.15) is 9.57 Å². The van der Waals surface area contributed by atoms with E-state index >= 15 is 0 Å². The highest BCUT2D eigenvalue weighted by Gasteiger charge is 2.27. The highest BCUT2D eigenvalue weighted by molar-refractivity contribution is 7.88. The molecule has 11 heteroatoms. The van der Waals surface area contributed by atoms with Crippen LogP contribution in [0.5, 0.6) is 0 Å². The fraction of sp³-hybridized carbons (Fsp3) is 0.393. The van der Waals surface area contributed by atoms with Crippen LogP contribution in [-0.4, -0.2) is 53.0 Å². The Kier molecular flexibility index (Phi) is 7.46. The lowest BCUT2D eigenvalue weighted by molar-refractivity contribution is 0.446. The van der Waals surface area contributed by atoms with Crippen molar-refractivity contribution in [3.05, 3.63) is 69.8 Å². The number of anilines is 2. The number of hydrogen-bond donors (Lipinski definition) is 0. The Bertz CT molecular complexity index is 1680. The molecular formula is C28H31FN6O2S2. The third-order valence-corrected chi connectivity index (χ3v) is 9.52. The fourth-order valence-electron chi connectivity index (χ4n) is 5.20. The summed E-state index contributed by atoms with van der Waals surface area (Å²) in [5.41, 5.74) is 5.61. The first-order valence-corrected chi connectivity index (χ1v) is 15.7. The largest absolute Gasteiger partial charge is 0.302 e. The lowest BCUT2D eigenvalue weighted by atomic mass is 9.96. The molecule has 8 nitrogen and oxygen atoms in total. The monoisotopic (exact) mass is 566 g/mol. The van der Waals surface area contributed by atoms with Crippen LogP contribution in [0.15, 0.2) is 42.4 Å². The molecule has 0 aromatic carbocycles. The molecule has 3 aromatic rings. The molecule has 0 spiro atoms. The second kappa shape index (κ2) is 10.7. The van der Waals surface area contributed by atoms with Gasteiger partial charge in [-0.15, -0.1) is 0 Å². The summed E-state index contributed by atoms with van der Waals surface area (Å²) in [5.74, 6) is 0.496. The van der Waals surface area contributed by atoms with Gasteiger partial charge in [-0.25, -0.2) is 22.8 Å². The van der Waals surface area contributed by atoms with Crippen molar-refractivity contribution in [2.24, 2.45) is 0 Å². The Morgan fingerprint density at radius 2 is 2.08 bits per heavy atom. The van der Waals surface area contributed by atoms with E-state index in [9.17, 15) is 18.1 Å². The van der Waals surface area contributed by atoms with Crippen molar-refractivity contribution < 1.29 is 12.8 Å². The number of fused-ring (bicyclic) bond motifs is 1. The van der Waals surface area contributed by atoms with Gasteiger partial charge in [0.25, 0.3) is 0 Å². The van der Waals surface area contributed by atoms with E-state index < -0.39 is 10.0 Å². The van der Waals surface area contributed by atoms with E-state index in [-0.39, 0.29) is 11.7 Å². The average Bonchev–Trinajstić information content (AvgIpc) is 3.52. The Morgan fingerprint density at radius 1 is 1.28 bits per heavy atom. The van der Waals surface area contributed by atoms with Gasteiger partial charge in [0.05, 0.1) is 17.6 Å². The van der Waals surface area contributed by atoms with Crippen molar-refractivity contribution in [2.75, 3.05) is 30.8 Å². The third kappa shape index (κ3) is 5.16. The minimum atomic E-state index is -3.23. The number of sulfonamides is 1. The molecule has 1 atom stereocenters. The van der Waals surface area contributed by atoms with Gasteiger partial charge in [-0.1, -0.05) is 30.4 Å². The summed E-state index contributed by atoms with van der Waals surface area (Å²) in [7, 11) is -3.23. The number of aromatic nitrogens is 3. The molecule has 0 fully saturated rings. The molecule has 204 valence electrons. The second-order valence-electron chi connectivity index (χ2n) is 9.80. The number of hydrogen-bond acceptors (Lipinski definition) is 7.